The molecule has 0 aromatic heterocycles. The van der Waals surface area contributed by atoms with Crippen molar-refractivity contribution in [2.75, 3.05) is 11.9 Å². The van der Waals surface area contributed by atoms with Gasteiger partial charge in [0.15, 0.2) is 0 Å². The summed E-state index contributed by atoms with van der Waals surface area (Å²) in [5.74, 6) is -0.0716. The smallest absolute Gasteiger partial charge is 0.253 e. The van der Waals surface area contributed by atoms with E-state index in [0.717, 1.165) is 24.1 Å². The molecule has 2 atom stereocenters. The van der Waals surface area contributed by atoms with Crippen molar-refractivity contribution in [1.82, 2.24) is 0 Å². The highest BCUT2D eigenvalue weighted by Crippen LogP contribution is 2.30. The number of para-hydroxylation sites is 1. The minimum Gasteiger partial charge on any atom is -0.364 e. The van der Waals surface area contributed by atoms with Crippen LogP contribution in [-0.4, -0.2) is 24.7 Å². The van der Waals surface area contributed by atoms with Crippen LogP contribution >= 0.6 is 0 Å². The van der Waals surface area contributed by atoms with Gasteiger partial charge in [0, 0.05) is 12.2 Å². The number of rotatable bonds is 3. The predicted octanol–water partition coefficient (Wildman–Crippen LogP) is 2.43. The Labute approximate surface area is 120 Å². The van der Waals surface area contributed by atoms with E-state index in [0.29, 0.717) is 6.54 Å². The minimum atomic E-state index is -0.378. The first-order chi connectivity index (χ1) is 9.41. The lowest BCUT2D eigenvalue weighted by molar-refractivity contribution is -0.126. The Kier molecular flexibility index (Phi) is 4.45. The van der Waals surface area contributed by atoms with Crippen molar-refractivity contribution in [3.63, 3.8) is 0 Å². The van der Waals surface area contributed by atoms with Crippen LogP contribution in [0.5, 0.6) is 0 Å². The lowest BCUT2D eigenvalue weighted by Gasteiger charge is -2.23. The molecule has 1 aromatic rings. The number of carbonyl (C=O) groups is 1. The van der Waals surface area contributed by atoms with Crippen LogP contribution in [0.15, 0.2) is 24.3 Å². The highest BCUT2D eigenvalue weighted by Gasteiger charge is 2.30. The molecule has 4 nitrogen and oxygen atoms in total. The molecule has 0 bridgehead atoms. The van der Waals surface area contributed by atoms with E-state index < -0.39 is 0 Å². The van der Waals surface area contributed by atoms with Gasteiger partial charge in [0.2, 0.25) is 0 Å². The van der Waals surface area contributed by atoms with Gasteiger partial charge in [-0.1, -0.05) is 39.0 Å². The first kappa shape index (κ1) is 15.0. The Morgan fingerprint density at radius 1 is 1.35 bits per heavy atom. The topological polar surface area (TPSA) is 64.4 Å². The van der Waals surface area contributed by atoms with Gasteiger partial charge >= 0.3 is 0 Å². The van der Waals surface area contributed by atoms with Gasteiger partial charge in [-0.25, -0.2) is 0 Å². The zero-order chi connectivity index (χ0) is 14.8. The van der Waals surface area contributed by atoms with Gasteiger partial charge in [-0.3, -0.25) is 4.79 Å². The van der Waals surface area contributed by atoms with Crippen molar-refractivity contribution < 1.29 is 9.53 Å². The highest BCUT2D eigenvalue weighted by atomic mass is 16.5. The number of hydrogen-bond acceptors (Lipinski definition) is 3. The van der Waals surface area contributed by atoms with E-state index in [4.69, 9.17) is 10.5 Å². The lowest BCUT2D eigenvalue weighted by atomic mass is 9.86. The van der Waals surface area contributed by atoms with Crippen LogP contribution in [0.25, 0.3) is 0 Å². The molecule has 0 unspecified atom stereocenters. The molecule has 0 spiro atoms. The first-order valence-corrected chi connectivity index (χ1v) is 7.17. The van der Waals surface area contributed by atoms with Crippen LogP contribution in [0.3, 0.4) is 0 Å². The van der Waals surface area contributed by atoms with Gasteiger partial charge in [-0.05, 0) is 29.9 Å². The number of amides is 1. The van der Waals surface area contributed by atoms with Crippen LogP contribution < -0.4 is 11.1 Å². The molecule has 0 aliphatic carbocycles. The van der Waals surface area contributed by atoms with Crippen LogP contribution in [0, 0.1) is 0 Å². The van der Waals surface area contributed by atoms with Crippen LogP contribution in [-0.2, 0) is 14.9 Å². The summed E-state index contributed by atoms with van der Waals surface area (Å²) >= 11 is 0. The molecule has 1 saturated heterocycles. The monoisotopic (exact) mass is 276 g/mol. The van der Waals surface area contributed by atoms with Crippen molar-refractivity contribution in [2.24, 2.45) is 5.73 Å². The fourth-order valence-corrected chi connectivity index (χ4v) is 2.53. The summed E-state index contributed by atoms with van der Waals surface area (Å²) < 4.78 is 5.63. The van der Waals surface area contributed by atoms with Gasteiger partial charge in [0.25, 0.3) is 5.91 Å². The number of carbonyl (C=O) groups excluding carboxylic acids is 1. The number of benzene rings is 1. The number of nitrogens with one attached hydrogen (secondary N) is 1. The molecule has 0 radical (unpaired) electrons. The van der Waals surface area contributed by atoms with Crippen LogP contribution in [0.1, 0.15) is 39.2 Å². The fourth-order valence-electron chi connectivity index (χ4n) is 2.53. The molecule has 1 aliphatic rings. The molecule has 2 rings (SSSR count). The maximum atomic E-state index is 12.3. The van der Waals surface area contributed by atoms with Crippen molar-refractivity contribution in [3.8, 4) is 0 Å². The van der Waals surface area contributed by atoms with E-state index in [2.05, 4.69) is 26.1 Å². The molecular formula is C16H24N2O2. The van der Waals surface area contributed by atoms with E-state index in [-0.39, 0.29) is 23.5 Å². The van der Waals surface area contributed by atoms with Crippen LogP contribution in [0.2, 0.25) is 0 Å². The third-order valence-corrected chi connectivity index (χ3v) is 3.66. The maximum absolute atomic E-state index is 12.3. The average molecular weight is 276 g/mol. The second-order valence-corrected chi connectivity index (χ2v) is 6.34. The van der Waals surface area contributed by atoms with Crippen molar-refractivity contribution in [3.05, 3.63) is 29.8 Å². The quantitative estimate of drug-likeness (QED) is 0.891. The van der Waals surface area contributed by atoms with Gasteiger partial charge < -0.3 is 15.8 Å². The Bertz CT molecular complexity index is 480. The van der Waals surface area contributed by atoms with Gasteiger partial charge in [-0.15, -0.1) is 0 Å². The molecule has 3 N–H and O–H groups in total. The third-order valence-electron chi connectivity index (χ3n) is 3.66. The summed E-state index contributed by atoms with van der Waals surface area (Å²) in [6.45, 7) is 6.87. The largest absolute Gasteiger partial charge is 0.364 e. The highest BCUT2D eigenvalue weighted by molar-refractivity contribution is 5.95. The molecule has 1 aromatic carbocycles. The summed E-state index contributed by atoms with van der Waals surface area (Å²) in [5, 5.41) is 3.00. The summed E-state index contributed by atoms with van der Waals surface area (Å²) in [5.41, 5.74) is 7.55. The Hall–Kier alpha value is -1.39. The molecule has 1 aliphatic heterocycles. The Balaban J connectivity index is 2.09. The number of ether oxygens (including phenoxy) is 1. The fraction of sp³-hybridized carbons (Fsp3) is 0.562. The van der Waals surface area contributed by atoms with E-state index in [1.807, 2.05) is 24.3 Å². The first-order valence-electron chi connectivity index (χ1n) is 7.17. The molecule has 1 fully saturated rings. The predicted molar refractivity (Wildman–Crippen MR) is 80.7 cm³/mol. The second kappa shape index (κ2) is 5.94. The summed E-state index contributed by atoms with van der Waals surface area (Å²) in [6, 6.07) is 7.91. The van der Waals surface area contributed by atoms with Crippen LogP contribution in [0.4, 0.5) is 5.69 Å². The number of anilines is 1. The molecule has 4 heteroatoms. The normalized spacial score (nSPS) is 22.8. The van der Waals surface area contributed by atoms with E-state index in [1.54, 1.807) is 0 Å². The second-order valence-electron chi connectivity index (χ2n) is 6.34. The summed E-state index contributed by atoms with van der Waals surface area (Å²) in [6.07, 6.45) is 1.24. The minimum absolute atomic E-state index is 0.0137. The number of hydrogen-bond donors (Lipinski definition) is 2. The molecule has 1 heterocycles. The van der Waals surface area contributed by atoms with Gasteiger partial charge in [-0.2, -0.15) is 0 Å². The maximum Gasteiger partial charge on any atom is 0.253 e. The zero-order valence-electron chi connectivity index (χ0n) is 12.5. The average Bonchev–Trinajstić information content (AvgIpc) is 2.87. The Morgan fingerprint density at radius 3 is 2.65 bits per heavy atom. The lowest BCUT2D eigenvalue weighted by Crippen LogP contribution is -2.30. The standard InChI is InChI=1S/C16H24N2O2/c1-16(2,3)12-6-4-5-7-13(12)18-15(19)14-9-8-11(10-17)20-14/h4-7,11,14H,8-10,17H2,1-3H3,(H,18,19)/t11-,14+/m1/s1. The molecular weight excluding hydrogens is 252 g/mol. The van der Waals surface area contributed by atoms with E-state index in [1.165, 1.54) is 0 Å². The SMILES string of the molecule is CC(C)(C)c1ccccc1NC(=O)[C@@H]1CC[C@H](CN)O1. The number of nitrogens with two attached hydrogens (primary N) is 1. The molecule has 20 heavy (non-hydrogen) atoms. The Morgan fingerprint density at radius 2 is 2.05 bits per heavy atom. The molecule has 0 saturated carbocycles. The van der Waals surface area contributed by atoms with Crippen molar-refractivity contribution in [2.45, 2.75) is 51.2 Å². The summed E-state index contributed by atoms with van der Waals surface area (Å²) in [7, 11) is 0. The molecule has 110 valence electrons. The van der Waals surface area contributed by atoms with Gasteiger partial charge in [0.05, 0.1) is 6.10 Å². The van der Waals surface area contributed by atoms with E-state index in [9.17, 15) is 4.79 Å². The van der Waals surface area contributed by atoms with E-state index >= 15 is 0 Å². The van der Waals surface area contributed by atoms with Crippen molar-refractivity contribution >= 4 is 11.6 Å². The molecule has 1 amide bonds. The van der Waals surface area contributed by atoms with Crippen molar-refractivity contribution in [1.29, 1.82) is 0 Å². The van der Waals surface area contributed by atoms with Gasteiger partial charge in [0.1, 0.15) is 6.10 Å². The third kappa shape index (κ3) is 3.38. The zero-order valence-corrected chi connectivity index (χ0v) is 12.5. The summed E-state index contributed by atoms with van der Waals surface area (Å²) in [4.78, 5) is 12.3.